The molecule has 0 amide bonds. The molecule has 16 heavy (non-hydrogen) atoms. The number of fused-ring (bicyclic) bond motifs is 1. The minimum Gasteiger partial charge on any atom is -0.312 e. The molecule has 1 aliphatic heterocycles. The summed E-state index contributed by atoms with van der Waals surface area (Å²) in [5.41, 5.74) is 0.511. The average molecular weight is 219 g/mol. The van der Waals surface area contributed by atoms with Gasteiger partial charge in [-0.1, -0.05) is 0 Å². The van der Waals surface area contributed by atoms with Crippen molar-refractivity contribution < 1.29 is 0 Å². The summed E-state index contributed by atoms with van der Waals surface area (Å²) in [5, 5.41) is 7.59. The standard InChI is InChI=1S/C10H13N5O/c16-10-14-5-4-11-6-9(14)13-15(10)7-8-2-1-3-12-8/h4-6,8,12H,1-3,7H2/t8-/m0/s1. The van der Waals surface area contributed by atoms with Gasteiger partial charge in [0.15, 0.2) is 5.65 Å². The molecule has 0 aromatic carbocycles. The van der Waals surface area contributed by atoms with E-state index in [1.54, 1.807) is 18.6 Å². The fourth-order valence-corrected chi connectivity index (χ4v) is 2.12. The third kappa shape index (κ3) is 1.51. The maximum absolute atomic E-state index is 11.9. The fraction of sp³-hybridized carbons (Fsp3) is 0.500. The molecule has 3 rings (SSSR count). The minimum atomic E-state index is -0.0916. The number of hydrogen-bond donors (Lipinski definition) is 1. The van der Waals surface area contributed by atoms with Gasteiger partial charge in [0.05, 0.1) is 12.7 Å². The predicted octanol–water partition coefficient (Wildman–Crippen LogP) is -0.357. The molecule has 2 aromatic heterocycles. The summed E-state index contributed by atoms with van der Waals surface area (Å²) < 4.78 is 3.03. The van der Waals surface area contributed by atoms with E-state index in [1.807, 2.05) is 0 Å². The molecule has 0 bridgehead atoms. The van der Waals surface area contributed by atoms with Crippen LogP contribution in [-0.4, -0.2) is 31.8 Å². The molecule has 1 atom stereocenters. The molecule has 3 heterocycles. The minimum absolute atomic E-state index is 0.0916. The van der Waals surface area contributed by atoms with Crippen LogP contribution in [0.3, 0.4) is 0 Å². The molecule has 6 heteroatoms. The van der Waals surface area contributed by atoms with Gasteiger partial charge in [0.25, 0.3) is 0 Å². The lowest BCUT2D eigenvalue weighted by Gasteiger charge is -2.07. The van der Waals surface area contributed by atoms with Gasteiger partial charge < -0.3 is 5.32 Å². The van der Waals surface area contributed by atoms with E-state index in [4.69, 9.17) is 0 Å². The van der Waals surface area contributed by atoms with Crippen LogP contribution < -0.4 is 11.0 Å². The summed E-state index contributed by atoms with van der Waals surface area (Å²) in [7, 11) is 0. The molecule has 0 saturated carbocycles. The lowest BCUT2D eigenvalue weighted by molar-refractivity contribution is 0.466. The van der Waals surface area contributed by atoms with Crippen LogP contribution in [0, 0.1) is 0 Å². The summed E-state index contributed by atoms with van der Waals surface area (Å²) in [5.74, 6) is 0. The Labute approximate surface area is 91.9 Å². The first-order valence-electron chi connectivity index (χ1n) is 5.47. The van der Waals surface area contributed by atoms with Crippen molar-refractivity contribution in [3.8, 4) is 0 Å². The summed E-state index contributed by atoms with van der Waals surface area (Å²) >= 11 is 0. The van der Waals surface area contributed by atoms with Gasteiger partial charge in [0.1, 0.15) is 0 Å². The first-order valence-corrected chi connectivity index (χ1v) is 5.47. The molecule has 1 saturated heterocycles. The molecule has 0 aliphatic carbocycles. The Kier molecular flexibility index (Phi) is 2.21. The molecule has 1 fully saturated rings. The van der Waals surface area contributed by atoms with Crippen LogP contribution in [-0.2, 0) is 6.54 Å². The molecule has 0 radical (unpaired) electrons. The van der Waals surface area contributed by atoms with Gasteiger partial charge in [0, 0.05) is 18.4 Å². The van der Waals surface area contributed by atoms with Gasteiger partial charge in [-0.05, 0) is 19.4 Å². The van der Waals surface area contributed by atoms with Crippen molar-refractivity contribution in [2.24, 2.45) is 0 Å². The predicted molar refractivity (Wildman–Crippen MR) is 58.3 cm³/mol. The fourth-order valence-electron chi connectivity index (χ4n) is 2.12. The number of nitrogens with zero attached hydrogens (tertiary/aromatic N) is 4. The molecule has 84 valence electrons. The van der Waals surface area contributed by atoms with E-state index < -0.39 is 0 Å². The van der Waals surface area contributed by atoms with Gasteiger partial charge in [-0.15, -0.1) is 5.10 Å². The van der Waals surface area contributed by atoms with Crippen LogP contribution in [0.15, 0.2) is 23.4 Å². The Morgan fingerprint density at radius 1 is 1.56 bits per heavy atom. The molecule has 2 aromatic rings. The zero-order chi connectivity index (χ0) is 11.0. The highest BCUT2D eigenvalue weighted by Crippen LogP contribution is 2.06. The molecule has 0 spiro atoms. The highest BCUT2D eigenvalue weighted by atomic mass is 16.2. The summed E-state index contributed by atoms with van der Waals surface area (Å²) in [6, 6.07) is 0.371. The third-order valence-corrected chi connectivity index (χ3v) is 2.94. The van der Waals surface area contributed by atoms with Crippen LogP contribution in [0.5, 0.6) is 0 Å². The Morgan fingerprint density at radius 3 is 3.25 bits per heavy atom. The van der Waals surface area contributed by atoms with E-state index in [9.17, 15) is 4.79 Å². The van der Waals surface area contributed by atoms with Crippen molar-refractivity contribution in [3.63, 3.8) is 0 Å². The zero-order valence-corrected chi connectivity index (χ0v) is 8.83. The van der Waals surface area contributed by atoms with Gasteiger partial charge >= 0.3 is 5.69 Å². The van der Waals surface area contributed by atoms with Gasteiger partial charge in [-0.3, -0.25) is 4.98 Å². The molecule has 1 aliphatic rings. The van der Waals surface area contributed by atoms with Crippen molar-refractivity contribution in [1.29, 1.82) is 0 Å². The van der Waals surface area contributed by atoms with Crippen LogP contribution in [0.4, 0.5) is 0 Å². The average Bonchev–Trinajstić information content (AvgIpc) is 2.90. The van der Waals surface area contributed by atoms with Crippen LogP contribution in [0.1, 0.15) is 12.8 Å². The number of nitrogens with one attached hydrogen (secondary N) is 1. The summed E-state index contributed by atoms with van der Waals surface area (Å²) in [4.78, 5) is 15.9. The van der Waals surface area contributed by atoms with Crippen LogP contribution in [0.25, 0.3) is 5.65 Å². The van der Waals surface area contributed by atoms with Crippen molar-refractivity contribution in [1.82, 2.24) is 24.5 Å². The smallest absolute Gasteiger partial charge is 0.312 e. The van der Waals surface area contributed by atoms with Crippen molar-refractivity contribution >= 4 is 5.65 Å². The summed E-state index contributed by atoms with van der Waals surface area (Å²) in [6.45, 7) is 1.68. The number of rotatable bonds is 2. The maximum Gasteiger partial charge on any atom is 0.350 e. The monoisotopic (exact) mass is 219 g/mol. The van der Waals surface area contributed by atoms with Gasteiger partial charge in [0.2, 0.25) is 0 Å². The van der Waals surface area contributed by atoms with Gasteiger partial charge in [-0.25, -0.2) is 13.9 Å². The Hall–Kier alpha value is -1.69. The maximum atomic E-state index is 11.9. The van der Waals surface area contributed by atoms with Gasteiger partial charge in [-0.2, -0.15) is 0 Å². The molecular formula is C10H13N5O. The Bertz CT molecular complexity index is 552. The van der Waals surface area contributed by atoms with E-state index in [1.165, 1.54) is 15.5 Å². The van der Waals surface area contributed by atoms with E-state index in [2.05, 4.69) is 15.4 Å². The highest BCUT2D eigenvalue weighted by molar-refractivity contribution is 5.31. The number of aromatic nitrogens is 4. The molecular weight excluding hydrogens is 206 g/mol. The quantitative estimate of drug-likeness (QED) is 0.749. The van der Waals surface area contributed by atoms with Crippen LogP contribution in [0.2, 0.25) is 0 Å². The van der Waals surface area contributed by atoms with E-state index in [0.717, 1.165) is 13.0 Å². The second-order valence-corrected chi connectivity index (χ2v) is 4.06. The highest BCUT2D eigenvalue weighted by Gasteiger charge is 2.17. The first kappa shape index (κ1) is 9.53. The second kappa shape index (κ2) is 3.71. The largest absolute Gasteiger partial charge is 0.350 e. The first-order chi connectivity index (χ1) is 7.84. The SMILES string of the molecule is O=c1n(C[C@@H]2CCCN2)nc2cnccn12. The number of hydrogen-bond acceptors (Lipinski definition) is 4. The Balaban J connectivity index is 1.97. The van der Waals surface area contributed by atoms with Crippen molar-refractivity contribution in [2.75, 3.05) is 6.54 Å². The molecule has 6 nitrogen and oxygen atoms in total. The zero-order valence-electron chi connectivity index (χ0n) is 8.83. The lowest BCUT2D eigenvalue weighted by Crippen LogP contribution is -2.32. The van der Waals surface area contributed by atoms with Crippen molar-refractivity contribution in [2.45, 2.75) is 25.4 Å². The molecule has 1 N–H and O–H groups in total. The lowest BCUT2D eigenvalue weighted by atomic mass is 10.2. The van der Waals surface area contributed by atoms with E-state index in [-0.39, 0.29) is 5.69 Å². The van der Waals surface area contributed by atoms with E-state index >= 15 is 0 Å². The Morgan fingerprint density at radius 2 is 2.50 bits per heavy atom. The summed E-state index contributed by atoms with van der Waals surface area (Å²) in [6.07, 6.45) is 7.12. The second-order valence-electron chi connectivity index (χ2n) is 4.06. The van der Waals surface area contributed by atoms with Crippen LogP contribution >= 0.6 is 0 Å². The third-order valence-electron chi connectivity index (χ3n) is 2.94. The van der Waals surface area contributed by atoms with Crippen molar-refractivity contribution in [3.05, 3.63) is 29.1 Å². The normalized spacial score (nSPS) is 20.6. The topological polar surface area (TPSA) is 64.2 Å². The molecule has 0 unspecified atom stereocenters. The van der Waals surface area contributed by atoms with E-state index in [0.29, 0.717) is 18.2 Å².